The third-order valence-electron chi connectivity index (χ3n) is 6.13. The van der Waals surface area contributed by atoms with Crippen LogP contribution in [0.1, 0.15) is 34.5 Å². The van der Waals surface area contributed by atoms with E-state index in [9.17, 15) is 27.6 Å². The van der Waals surface area contributed by atoms with Crippen molar-refractivity contribution >= 4 is 30.1 Å². The first-order valence-corrected chi connectivity index (χ1v) is 10.6. The first kappa shape index (κ1) is 24.5. The summed E-state index contributed by atoms with van der Waals surface area (Å²) in [6, 6.07) is 11.8. The summed E-state index contributed by atoms with van der Waals surface area (Å²) in [4.78, 5) is 42.2. The van der Waals surface area contributed by atoms with Gasteiger partial charge in [-0.3, -0.25) is 19.7 Å². The van der Waals surface area contributed by atoms with E-state index >= 15 is 0 Å². The van der Waals surface area contributed by atoms with Gasteiger partial charge in [0.1, 0.15) is 11.9 Å². The van der Waals surface area contributed by atoms with Gasteiger partial charge in [0.25, 0.3) is 5.91 Å². The minimum atomic E-state index is -4.73. The average Bonchev–Trinajstić information content (AvgIpc) is 3.31. The van der Waals surface area contributed by atoms with Gasteiger partial charge in [-0.1, -0.05) is 36.4 Å². The molecule has 7 nitrogen and oxygen atoms in total. The van der Waals surface area contributed by atoms with Crippen LogP contribution >= 0.6 is 12.4 Å². The van der Waals surface area contributed by atoms with Crippen molar-refractivity contribution in [3.05, 3.63) is 65.4 Å². The van der Waals surface area contributed by atoms with Gasteiger partial charge in [-0.2, -0.15) is 0 Å². The molecule has 0 radical (unpaired) electrons. The molecule has 3 aromatic rings. The first-order chi connectivity index (χ1) is 16.1. The van der Waals surface area contributed by atoms with E-state index < -0.39 is 30.1 Å². The van der Waals surface area contributed by atoms with E-state index in [0.717, 1.165) is 0 Å². The molecule has 1 aromatic heterocycles. The van der Waals surface area contributed by atoms with Gasteiger partial charge < -0.3 is 4.90 Å². The number of nitrogens with zero attached hydrogens (tertiary/aromatic N) is 3. The number of hydrogen-bond acceptors (Lipinski definition) is 4. The van der Waals surface area contributed by atoms with E-state index in [0.29, 0.717) is 16.7 Å². The Hall–Kier alpha value is -3.66. The number of aromatic nitrogens is 2. The first-order valence-electron chi connectivity index (χ1n) is 10.6. The van der Waals surface area contributed by atoms with Gasteiger partial charge in [-0.15, -0.1) is 25.6 Å². The lowest BCUT2D eigenvalue weighted by Gasteiger charge is -2.29. The number of aryl methyl sites for hydroxylation is 1. The zero-order chi connectivity index (χ0) is 24.2. The molecule has 1 N–H and O–H groups in total. The van der Waals surface area contributed by atoms with Crippen molar-refractivity contribution in [3.63, 3.8) is 0 Å². The minimum Gasteiger partial charge on any atom is -0.322 e. The van der Waals surface area contributed by atoms with Crippen LogP contribution in [0.15, 0.2) is 48.5 Å². The summed E-state index contributed by atoms with van der Waals surface area (Å²) >= 11 is 0. The average molecular weight is 505 g/mol. The number of rotatable bonds is 3. The van der Waals surface area contributed by atoms with E-state index in [1.165, 1.54) is 30.0 Å². The fraction of sp³-hybridized carbons (Fsp3) is 0.250. The summed E-state index contributed by atoms with van der Waals surface area (Å²) in [7, 11) is 0. The number of imidazole rings is 1. The molecule has 1 unspecified atom stereocenters. The fourth-order valence-electron chi connectivity index (χ4n) is 4.62. The van der Waals surface area contributed by atoms with Crippen LogP contribution in [0.4, 0.5) is 13.2 Å². The molecule has 2 aliphatic rings. The Morgan fingerprint density at radius 1 is 1.03 bits per heavy atom. The van der Waals surface area contributed by atoms with Gasteiger partial charge in [-0.05, 0) is 31.0 Å². The number of alkyl halides is 3. The fourth-order valence-corrected chi connectivity index (χ4v) is 4.62. The summed E-state index contributed by atoms with van der Waals surface area (Å²) in [5.41, 5.74) is 1.59. The molecule has 182 valence electrons. The van der Waals surface area contributed by atoms with E-state index in [1.54, 1.807) is 30.3 Å². The van der Waals surface area contributed by atoms with Gasteiger partial charge in [0.2, 0.25) is 11.8 Å². The molecule has 3 heterocycles. The number of carbonyl (C=O) groups excluding carboxylic acids is 3. The van der Waals surface area contributed by atoms with E-state index in [4.69, 9.17) is 0 Å². The maximum Gasteiger partial charge on any atom is 0.490 e. The lowest BCUT2D eigenvalue weighted by atomic mass is 10.0. The van der Waals surface area contributed by atoms with Crippen molar-refractivity contribution in [2.45, 2.75) is 38.7 Å². The van der Waals surface area contributed by atoms with Crippen LogP contribution in [-0.4, -0.2) is 38.2 Å². The SMILES string of the molecule is Cc1nc(-c2ccc3c(c2)CN(C2CCC(=O)NC2=O)C3=O)n(C(F)(F)F)c1-c1ccccc1.Cl. The van der Waals surface area contributed by atoms with Gasteiger partial charge in [0, 0.05) is 29.7 Å². The Morgan fingerprint density at radius 3 is 2.40 bits per heavy atom. The van der Waals surface area contributed by atoms with Crippen molar-refractivity contribution in [3.8, 4) is 22.6 Å². The molecule has 5 rings (SSSR count). The molecular weight excluding hydrogens is 485 g/mol. The third-order valence-corrected chi connectivity index (χ3v) is 6.13. The number of piperidine rings is 1. The molecule has 2 aliphatic heterocycles. The monoisotopic (exact) mass is 504 g/mol. The van der Waals surface area contributed by atoms with Crippen molar-refractivity contribution in [2.24, 2.45) is 0 Å². The number of fused-ring (bicyclic) bond motifs is 1. The summed E-state index contributed by atoms with van der Waals surface area (Å²) in [5.74, 6) is -1.61. The quantitative estimate of drug-likeness (QED) is 0.542. The van der Waals surface area contributed by atoms with Crippen LogP contribution in [0.2, 0.25) is 0 Å². The Bertz CT molecular complexity index is 1340. The molecule has 1 atom stereocenters. The maximum absolute atomic E-state index is 14.2. The molecule has 2 aromatic carbocycles. The predicted molar refractivity (Wildman–Crippen MR) is 122 cm³/mol. The topological polar surface area (TPSA) is 84.3 Å². The van der Waals surface area contributed by atoms with Crippen molar-refractivity contribution in [2.75, 3.05) is 0 Å². The smallest absolute Gasteiger partial charge is 0.322 e. The molecular formula is C24H20ClF3N4O3. The predicted octanol–water partition coefficient (Wildman–Crippen LogP) is 4.18. The number of hydrogen-bond donors (Lipinski definition) is 1. The molecule has 35 heavy (non-hydrogen) atoms. The number of halogens is 4. The summed E-state index contributed by atoms with van der Waals surface area (Å²) < 4.78 is 42.9. The van der Waals surface area contributed by atoms with Gasteiger partial charge >= 0.3 is 6.30 Å². The van der Waals surface area contributed by atoms with Crippen LogP contribution in [-0.2, 0) is 22.4 Å². The van der Waals surface area contributed by atoms with E-state index in [1.807, 2.05) is 0 Å². The maximum atomic E-state index is 14.2. The number of carbonyl (C=O) groups is 3. The molecule has 0 spiro atoms. The highest BCUT2D eigenvalue weighted by atomic mass is 35.5. The number of imide groups is 1. The van der Waals surface area contributed by atoms with Gasteiger partial charge in [0.05, 0.1) is 11.4 Å². The lowest BCUT2D eigenvalue weighted by Crippen LogP contribution is -2.52. The highest BCUT2D eigenvalue weighted by Crippen LogP contribution is 2.39. The van der Waals surface area contributed by atoms with Crippen LogP contribution in [0, 0.1) is 6.92 Å². The summed E-state index contributed by atoms with van der Waals surface area (Å²) in [6.07, 6.45) is -4.41. The Morgan fingerprint density at radius 2 is 1.74 bits per heavy atom. The Labute approximate surface area is 204 Å². The molecule has 3 amide bonds. The molecule has 0 aliphatic carbocycles. The minimum absolute atomic E-state index is 0. The van der Waals surface area contributed by atoms with E-state index in [-0.39, 0.29) is 59.1 Å². The molecule has 0 bridgehead atoms. The number of benzene rings is 2. The second-order valence-electron chi connectivity index (χ2n) is 8.31. The van der Waals surface area contributed by atoms with E-state index in [2.05, 4.69) is 10.3 Å². The summed E-state index contributed by atoms with van der Waals surface area (Å²) in [6.45, 7) is 1.58. The second kappa shape index (κ2) is 8.84. The zero-order valence-corrected chi connectivity index (χ0v) is 19.2. The Balaban J connectivity index is 0.00000289. The zero-order valence-electron chi connectivity index (χ0n) is 18.4. The lowest BCUT2D eigenvalue weighted by molar-refractivity contribution is -0.201. The third kappa shape index (κ3) is 4.18. The molecule has 11 heteroatoms. The van der Waals surface area contributed by atoms with Crippen LogP contribution in [0.3, 0.4) is 0 Å². The molecule has 1 fully saturated rings. The largest absolute Gasteiger partial charge is 0.490 e. The summed E-state index contributed by atoms with van der Waals surface area (Å²) in [5, 5.41) is 2.23. The van der Waals surface area contributed by atoms with Gasteiger partial charge in [-0.25, -0.2) is 9.55 Å². The van der Waals surface area contributed by atoms with Crippen LogP contribution in [0.25, 0.3) is 22.6 Å². The van der Waals surface area contributed by atoms with Crippen molar-refractivity contribution in [1.82, 2.24) is 19.8 Å². The van der Waals surface area contributed by atoms with Crippen molar-refractivity contribution < 1.29 is 27.6 Å². The van der Waals surface area contributed by atoms with Gasteiger partial charge in [0.15, 0.2) is 0 Å². The highest BCUT2D eigenvalue weighted by molar-refractivity contribution is 6.05. The number of amides is 3. The molecule has 1 saturated heterocycles. The van der Waals surface area contributed by atoms with Crippen LogP contribution < -0.4 is 5.32 Å². The standard InChI is InChI=1S/C24H19F3N4O3.ClH/c1-13-20(14-5-3-2-4-6-14)31(24(25,26)27)21(28-13)15-7-8-17-16(11-15)12-30(23(17)34)18-9-10-19(32)29-22(18)33;/h2-8,11,18H,9-10,12H2,1H3,(H,29,32,33);1H. The highest BCUT2D eigenvalue weighted by Gasteiger charge is 2.41. The normalized spacial score (nSPS) is 17.8. The Kier molecular flexibility index (Phi) is 6.18. The van der Waals surface area contributed by atoms with Crippen molar-refractivity contribution in [1.29, 1.82) is 0 Å². The molecule has 0 saturated carbocycles. The second-order valence-corrected chi connectivity index (χ2v) is 8.31. The number of nitrogens with one attached hydrogen (secondary N) is 1. The van der Waals surface area contributed by atoms with Crippen LogP contribution in [0.5, 0.6) is 0 Å².